The fourth-order valence-electron chi connectivity index (χ4n) is 2.36. The second-order valence-electron chi connectivity index (χ2n) is 4.98. The molecule has 0 spiro atoms. The van der Waals surface area contributed by atoms with E-state index < -0.39 is 16.9 Å². The first-order valence-corrected chi connectivity index (χ1v) is 6.90. The van der Waals surface area contributed by atoms with Gasteiger partial charge >= 0.3 is 5.97 Å². The summed E-state index contributed by atoms with van der Waals surface area (Å²) in [6.07, 6.45) is 5.39. The van der Waals surface area contributed by atoms with E-state index in [0.29, 0.717) is 30.7 Å². The Morgan fingerprint density at radius 2 is 1.95 bits per heavy atom. The Labute approximate surface area is 111 Å². The number of cyclic esters (lactones) is 1. The van der Waals surface area contributed by atoms with Crippen LogP contribution < -0.4 is 16.2 Å². The lowest BCUT2D eigenvalue weighted by molar-refractivity contribution is -0.138. The van der Waals surface area contributed by atoms with E-state index in [1.54, 1.807) is 0 Å². The summed E-state index contributed by atoms with van der Waals surface area (Å²) in [6, 6.07) is -0.474. The third kappa shape index (κ3) is 2.85. The van der Waals surface area contributed by atoms with Crippen LogP contribution in [0.2, 0.25) is 0 Å². The van der Waals surface area contributed by atoms with E-state index in [2.05, 4.69) is 12.2 Å². The number of hydrogen-bond acceptors (Lipinski definition) is 5. The van der Waals surface area contributed by atoms with Crippen molar-refractivity contribution in [2.24, 2.45) is 0 Å². The fourth-order valence-corrected chi connectivity index (χ4v) is 2.36. The molecular weight excluding hydrogens is 246 g/mol. The van der Waals surface area contributed by atoms with Gasteiger partial charge in [-0.15, -0.1) is 0 Å². The van der Waals surface area contributed by atoms with Gasteiger partial charge in [0.2, 0.25) is 10.9 Å². The van der Waals surface area contributed by atoms with Crippen molar-refractivity contribution in [2.45, 2.75) is 51.5 Å². The first-order chi connectivity index (χ1) is 9.15. The number of carbonyl (C=O) groups excluding carboxylic acids is 1. The van der Waals surface area contributed by atoms with Crippen LogP contribution >= 0.6 is 0 Å². The summed E-state index contributed by atoms with van der Waals surface area (Å²) in [6.45, 7) is 2.49. The average Bonchev–Trinajstić information content (AvgIpc) is 2.82. The molecule has 0 radical (unpaired) electrons. The Hall–Kier alpha value is -1.65. The highest BCUT2D eigenvalue weighted by molar-refractivity contribution is 5.81. The third-order valence-corrected chi connectivity index (χ3v) is 3.54. The molecule has 0 aromatic heterocycles. The van der Waals surface area contributed by atoms with Crippen LogP contribution in [0.1, 0.15) is 44.6 Å². The number of carbonyl (C=O) groups is 1. The van der Waals surface area contributed by atoms with Crippen LogP contribution in [0, 0.1) is 0 Å². The minimum atomic E-state index is -0.495. The quantitative estimate of drug-likeness (QED) is 0.454. The molecule has 104 valence electrons. The normalized spacial score (nSPS) is 18.8. The molecular formula is C14H19NO4. The van der Waals surface area contributed by atoms with Crippen LogP contribution in [-0.4, -0.2) is 18.6 Å². The smallest absolute Gasteiger partial charge is 0.328 e. The maximum absolute atomic E-state index is 11.5. The largest absolute Gasteiger partial charge is 0.464 e. The molecule has 0 bridgehead atoms. The van der Waals surface area contributed by atoms with Crippen LogP contribution in [0.3, 0.4) is 0 Å². The summed E-state index contributed by atoms with van der Waals surface area (Å²) in [7, 11) is 0. The van der Waals surface area contributed by atoms with Gasteiger partial charge in [0.05, 0.1) is 12.3 Å². The highest BCUT2D eigenvalue weighted by Gasteiger charge is 2.30. The number of hydrogen-bond donors (Lipinski definition) is 1. The maximum Gasteiger partial charge on any atom is 0.328 e. The number of esters is 1. The molecule has 1 aliphatic heterocycles. The Kier molecular flexibility index (Phi) is 4.35. The Balaban J connectivity index is 1.97. The van der Waals surface area contributed by atoms with Gasteiger partial charge in [-0.25, -0.2) is 4.79 Å². The molecule has 2 rings (SSSR count). The van der Waals surface area contributed by atoms with Gasteiger partial charge in [-0.3, -0.25) is 9.59 Å². The van der Waals surface area contributed by atoms with Gasteiger partial charge in [0, 0.05) is 12.0 Å². The van der Waals surface area contributed by atoms with Crippen LogP contribution in [0.25, 0.3) is 0 Å². The SMILES string of the molecule is CCCCCCc1c(NC2CCOC2=O)c(=O)c1=O. The monoisotopic (exact) mass is 265 g/mol. The molecule has 1 N–H and O–H groups in total. The van der Waals surface area contributed by atoms with Crippen LogP contribution in [0.15, 0.2) is 9.59 Å². The number of nitrogens with one attached hydrogen (secondary N) is 1. The van der Waals surface area contributed by atoms with Crippen LogP contribution in [0.5, 0.6) is 0 Å². The van der Waals surface area contributed by atoms with E-state index in [9.17, 15) is 14.4 Å². The molecule has 1 aliphatic rings. The summed E-state index contributed by atoms with van der Waals surface area (Å²) >= 11 is 0. The molecule has 19 heavy (non-hydrogen) atoms. The van der Waals surface area contributed by atoms with E-state index >= 15 is 0 Å². The summed E-state index contributed by atoms with van der Waals surface area (Å²) in [5, 5.41) is 2.87. The van der Waals surface area contributed by atoms with Crippen molar-refractivity contribution in [1.82, 2.24) is 0 Å². The molecule has 1 aromatic rings. The lowest BCUT2D eigenvalue weighted by Gasteiger charge is -2.15. The van der Waals surface area contributed by atoms with E-state index in [4.69, 9.17) is 4.74 Å². The van der Waals surface area contributed by atoms with Gasteiger partial charge in [-0.2, -0.15) is 0 Å². The predicted molar refractivity (Wildman–Crippen MR) is 72.2 cm³/mol. The molecule has 1 saturated heterocycles. The Morgan fingerprint density at radius 1 is 1.16 bits per heavy atom. The first-order valence-electron chi connectivity index (χ1n) is 6.90. The standard InChI is InChI=1S/C14H19NO4/c1-2-3-4-5-6-9-11(13(17)12(9)16)15-10-7-8-19-14(10)18/h10,15H,2-8H2,1H3. The van der Waals surface area contributed by atoms with Gasteiger partial charge in [-0.1, -0.05) is 26.2 Å². The van der Waals surface area contributed by atoms with Crippen LogP contribution in [0.4, 0.5) is 5.69 Å². The molecule has 1 atom stereocenters. The van der Waals surface area contributed by atoms with E-state index in [-0.39, 0.29) is 5.97 Å². The van der Waals surface area contributed by atoms with Crippen molar-refractivity contribution in [2.75, 3.05) is 11.9 Å². The second kappa shape index (κ2) is 5.99. The molecule has 1 heterocycles. The minimum absolute atomic E-state index is 0.338. The molecule has 0 amide bonds. The molecule has 1 fully saturated rings. The Morgan fingerprint density at radius 3 is 2.58 bits per heavy atom. The lowest BCUT2D eigenvalue weighted by atomic mass is 9.99. The number of ether oxygens (including phenoxy) is 1. The van der Waals surface area contributed by atoms with Gasteiger partial charge in [0.1, 0.15) is 6.04 Å². The molecule has 0 saturated carbocycles. The van der Waals surface area contributed by atoms with Gasteiger partial charge in [-0.05, 0) is 12.8 Å². The van der Waals surface area contributed by atoms with Crippen molar-refractivity contribution >= 4 is 11.7 Å². The van der Waals surface area contributed by atoms with Gasteiger partial charge in [0.15, 0.2) is 0 Å². The second-order valence-corrected chi connectivity index (χ2v) is 4.98. The zero-order valence-electron chi connectivity index (χ0n) is 11.2. The predicted octanol–water partition coefficient (Wildman–Crippen LogP) is 1.13. The van der Waals surface area contributed by atoms with Gasteiger partial charge < -0.3 is 10.1 Å². The fraction of sp³-hybridized carbons (Fsp3) is 0.643. The van der Waals surface area contributed by atoms with Crippen molar-refractivity contribution < 1.29 is 9.53 Å². The van der Waals surface area contributed by atoms with Crippen molar-refractivity contribution in [3.05, 3.63) is 26.0 Å². The molecule has 5 heteroatoms. The summed E-state index contributed by atoms with van der Waals surface area (Å²) in [4.78, 5) is 34.4. The van der Waals surface area contributed by atoms with E-state index in [1.807, 2.05) is 0 Å². The van der Waals surface area contributed by atoms with Crippen molar-refractivity contribution in [1.29, 1.82) is 0 Å². The molecule has 1 aromatic carbocycles. The number of rotatable bonds is 7. The minimum Gasteiger partial charge on any atom is -0.464 e. The third-order valence-electron chi connectivity index (χ3n) is 3.54. The van der Waals surface area contributed by atoms with Crippen molar-refractivity contribution in [3.8, 4) is 0 Å². The molecule has 5 nitrogen and oxygen atoms in total. The number of anilines is 1. The molecule has 1 unspecified atom stereocenters. The average molecular weight is 265 g/mol. The van der Waals surface area contributed by atoms with Crippen molar-refractivity contribution in [3.63, 3.8) is 0 Å². The number of unbranched alkanes of at least 4 members (excludes halogenated alkanes) is 3. The Bertz CT molecular complexity index is 528. The summed E-state index contributed by atoms with van der Waals surface area (Å²) in [5.74, 6) is -0.343. The zero-order valence-corrected chi connectivity index (χ0v) is 11.2. The van der Waals surface area contributed by atoms with E-state index in [1.165, 1.54) is 0 Å². The zero-order chi connectivity index (χ0) is 13.8. The van der Waals surface area contributed by atoms with Crippen LogP contribution in [-0.2, 0) is 16.0 Å². The highest BCUT2D eigenvalue weighted by Crippen LogP contribution is 2.17. The highest BCUT2D eigenvalue weighted by atomic mass is 16.5. The molecule has 0 aliphatic carbocycles. The van der Waals surface area contributed by atoms with Gasteiger partial charge in [0.25, 0.3) is 0 Å². The first kappa shape index (κ1) is 13.8. The summed E-state index contributed by atoms with van der Waals surface area (Å²) in [5.41, 5.74) is 0.00158. The maximum atomic E-state index is 11.5. The van der Waals surface area contributed by atoms with E-state index in [0.717, 1.165) is 25.7 Å². The lowest BCUT2D eigenvalue weighted by Crippen LogP contribution is -2.41. The topological polar surface area (TPSA) is 72.5 Å². The summed E-state index contributed by atoms with van der Waals surface area (Å²) < 4.78 is 4.83.